The molecule has 0 bridgehead atoms. The van der Waals surface area contributed by atoms with Gasteiger partial charge in [0.05, 0.1) is 42.7 Å². The Balaban J connectivity index is 2.63. The molecule has 35 heavy (non-hydrogen) atoms. The van der Waals surface area contributed by atoms with Gasteiger partial charge in [0, 0.05) is 15.6 Å². The predicted octanol–water partition coefficient (Wildman–Crippen LogP) is 3.87. The number of methoxy groups -OCH3 is 6. The summed E-state index contributed by atoms with van der Waals surface area (Å²) in [5, 5.41) is 2.40. The molecule has 0 saturated carbocycles. The van der Waals surface area contributed by atoms with Crippen molar-refractivity contribution in [1.82, 2.24) is 0 Å². The van der Waals surface area contributed by atoms with Gasteiger partial charge in [-0.05, 0) is 55.7 Å². The second-order valence-electron chi connectivity index (χ2n) is 8.30. The molecule has 0 atom stereocenters. The van der Waals surface area contributed by atoms with Crippen LogP contribution in [0, 0.1) is 20.8 Å². The van der Waals surface area contributed by atoms with Crippen LogP contribution in [0.5, 0.6) is 34.5 Å². The molecule has 8 heteroatoms. The number of ether oxygens (including phenoxy) is 6. The molecular weight excluding hydrogens is 484 g/mol. The van der Waals surface area contributed by atoms with Gasteiger partial charge in [-0.2, -0.15) is 0 Å². The Hall–Kier alpha value is -3.03. The Labute approximate surface area is 213 Å². The second kappa shape index (κ2) is 10.7. The smallest absolute Gasteiger partial charge is 0.259 e. The van der Waals surface area contributed by atoms with Crippen LogP contribution < -0.4 is 44.0 Å². The van der Waals surface area contributed by atoms with Gasteiger partial charge in [0.25, 0.3) is 7.38 Å². The fourth-order valence-electron chi connectivity index (χ4n) is 4.51. The summed E-state index contributed by atoms with van der Waals surface area (Å²) in [4.78, 5) is 0. The van der Waals surface area contributed by atoms with Crippen LogP contribution >= 0.6 is 11.1 Å². The first-order valence-corrected chi connectivity index (χ1v) is 14.1. The normalized spacial score (nSPS) is 11.1. The maximum Gasteiger partial charge on any atom is 0.259 e. The lowest BCUT2D eigenvalue weighted by Gasteiger charge is -2.32. The molecule has 0 aliphatic heterocycles. The fourth-order valence-corrected chi connectivity index (χ4v) is 9.54. The zero-order chi connectivity index (χ0) is 25.9. The molecule has 3 aromatic rings. The van der Waals surface area contributed by atoms with E-state index in [9.17, 15) is 0 Å². The van der Waals surface area contributed by atoms with E-state index in [1.807, 2.05) is 57.2 Å². The van der Waals surface area contributed by atoms with E-state index in [0.717, 1.165) is 32.3 Å². The molecule has 0 radical (unpaired) electrons. The van der Waals surface area contributed by atoms with Crippen molar-refractivity contribution < 1.29 is 28.4 Å². The van der Waals surface area contributed by atoms with E-state index in [-0.39, 0.29) is 0 Å². The van der Waals surface area contributed by atoms with Crippen molar-refractivity contribution in [2.75, 3.05) is 42.7 Å². The van der Waals surface area contributed by atoms with Crippen LogP contribution in [0.15, 0.2) is 36.4 Å². The van der Waals surface area contributed by atoms with Crippen molar-refractivity contribution in [2.24, 2.45) is 0 Å². The summed E-state index contributed by atoms with van der Waals surface area (Å²) in [6, 6.07) is 11.9. The van der Waals surface area contributed by atoms with Crippen molar-refractivity contribution >= 4 is 34.0 Å². The highest BCUT2D eigenvalue weighted by Gasteiger charge is 2.47. The van der Waals surface area contributed by atoms with Crippen LogP contribution in [-0.2, 0) is 0 Å². The predicted molar refractivity (Wildman–Crippen MR) is 143 cm³/mol. The largest absolute Gasteiger partial charge is 0.493 e. The van der Waals surface area contributed by atoms with Crippen LogP contribution in [0.4, 0.5) is 0 Å². The number of rotatable bonds is 9. The van der Waals surface area contributed by atoms with Gasteiger partial charge in [-0.25, -0.2) is 0 Å². The van der Waals surface area contributed by atoms with Crippen molar-refractivity contribution in [2.45, 2.75) is 20.8 Å². The molecule has 0 aliphatic carbocycles. The average molecular weight is 517 g/mol. The van der Waals surface area contributed by atoms with E-state index < -0.39 is 7.38 Å². The lowest BCUT2D eigenvalue weighted by atomic mass is 10.2. The first-order valence-electron chi connectivity index (χ1n) is 11.1. The molecule has 0 aromatic heterocycles. The van der Waals surface area contributed by atoms with E-state index >= 15 is 0 Å². The molecule has 0 N–H and O–H groups in total. The van der Waals surface area contributed by atoms with Gasteiger partial charge in [-0.3, -0.25) is 0 Å². The van der Waals surface area contributed by atoms with Gasteiger partial charge >= 0.3 is 0 Å². The molecule has 0 fully saturated rings. The first-order chi connectivity index (χ1) is 16.7. The second-order valence-corrected chi connectivity index (χ2v) is 12.9. The Kier molecular flexibility index (Phi) is 8.13. The monoisotopic (exact) mass is 516 g/mol. The van der Waals surface area contributed by atoms with E-state index in [4.69, 9.17) is 39.5 Å². The molecule has 0 spiro atoms. The van der Waals surface area contributed by atoms with Crippen molar-refractivity contribution in [3.63, 3.8) is 0 Å². The zero-order valence-electron chi connectivity index (χ0n) is 21.8. The van der Waals surface area contributed by atoms with Crippen LogP contribution in [0.3, 0.4) is 0 Å². The molecule has 0 unspecified atom stereocenters. The Morgan fingerprint density at radius 3 is 0.914 bits per heavy atom. The maximum atomic E-state index is 8.00. The summed E-state index contributed by atoms with van der Waals surface area (Å²) in [6.45, 7) is 6.00. The molecule has 188 valence electrons. The fraction of sp³-hybridized carbons (Fsp3) is 0.333. The van der Waals surface area contributed by atoms with Crippen LogP contribution in [0.25, 0.3) is 0 Å². The van der Waals surface area contributed by atoms with Crippen LogP contribution in [0.1, 0.15) is 16.7 Å². The minimum atomic E-state index is -3.45. The van der Waals surface area contributed by atoms with Gasteiger partial charge in [-0.1, -0.05) is 18.2 Å². The standard InChI is InChI=1S/C27H33ClO6Si/c1-16-10-19(29-4)25(32-7)22(13-16)35(28,23-14-17(2)11-20(30-5)26(23)33-8)24-15-18(3)12-21(31-6)27(24)34-9/h10-15H,1-9H3. The summed E-state index contributed by atoms with van der Waals surface area (Å²) in [6.07, 6.45) is 0. The third kappa shape index (κ3) is 4.62. The molecule has 0 saturated heterocycles. The molecule has 6 nitrogen and oxygen atoms in total. The van der Waals surface area contributed by atoms with E-state index in [0.29, 0.717) is 34.5 Å². The molecule has 0 heterocycles. The van der Waals surface area contributed by atoms with Gasteiger partial charge in [0.2, 0.25) is 0 Å². The number of benzene rings is 3. The van der Waals surface area contributed by atoms with Gasteiger partial charge in [-0.15, -0.1) is 11.1 Å². The first kappa shape index (κ1) is 26.6. The summed E-state index contributed by atoms with van der Waals surface area (Å²) < 4.78 is 34.8. The highest BCUT2D eigenvalue weighted by atomic mass is 35.6. The number of hydrogen-bond acceptors (Lipinski definition) is 6. The molecule has 3 rings (SSSR count). The maximum absolute atomic E-state index is 8.00. The number of aryl methyl sites for hydroxylation is 3. The van der Waals surface area contributed by atoms with Crippen LogP contribution in [0.2, 0.25) is 0 Å². The highest BCUT2D eigenvalue weighted by Crippen LogP contribution is 2.37. The number of hydrogen-bond donors (Lipinski definition) is 0. The van der Waals surface area contributed by atoms with E-state index in [2.05, 4.69) is 0 Å². The van der Waals surface area contributed by atoms with Gasteiger partial charge < -0.3 is 28.4 Å². The lowest BCUT2D eigenvalue weighted by molar-refractivity contribution is 0.355. The third-order valence-corrected chi connectivity index (χ3v) is 11.2. The Bertz CT molecular complexity index is 1080. The Morgan fingerprint density at radius 1 is 0.457 bits per heavy atom. The van der Waals surface area contributed by atoms with Crippen molar-refractivity contribution in [3.8, 4) is 34.5 Å². The van der Waals surface area contributed by atoms with E-state index in [1.54, 1.807) is 42.7 Å². The SMILES string of the molecule is COc1cc(C)cc([Si](Cl)(c2cc(C)cc(OC)c2OC)c2cc(C)cc(OC)c2OC)c1OC. The van der Waals surface area contributed by atoms with Gasteiger partial charge in [0.15, 0.2) is 34.5 Å². The summed E-state index contributed by atoms with van der Waals surface area (Å²) in [5.74, 6) is 3.46. The summed E-state index contributed by atoms with van der Waals surface area (Å²) in [7, 11) is 6.24. The van der Waals surface area contributed by atoms with Gasteiger partial charge in [0.1, 0.15) is 0 Å². The Morgan fingerprint density at radius 2 is 0.714 bits per heavy atom. The quantitative estimate of drug-likeness (QED) is 0.244. The molecule has 0 amide bonds. The van der Waals surface area contributed by atoms with Crippen molar-refractivity contribution in [3.05, 3.63) is 53.1 Å². The van der Waals surface area contributed by atoms with Crippen LogP contribution in [-0.4, -0.2) is 50.0 Å². The summed E-state index contributed by atoms with van der Waals surface area (Å²) >= 11 is 8.00. The topological polar surface area (TPSA) is 55.4 Å². The highest BCUT2D eigenvalue weighted by molar-refractivity contribution is 7.41. The number of halogens is 1. The lowest BCUT2D eigenvalue weighted by Crippen LogP contribution is -2.64. The third-order valence-electron chi connectivity index (χ3n) is 5.98. The molecular formula is C27H33ClO6Si. The zero-order valence-corrected chi connectivity index (χ0v) is 23.5. The molecule has 3 aromatic carbocycles. The minimum Gasteiger partial charge on any atom is -0.493 e. The minimum absolute atomic E-state index is 0.560. The summed E-state index contributed by atoms with van der Waals surface area (Å²) in [5.41, 5.74) is 2.94. The van der Waals surface area contributed by atoms with E-state index in [1.165, 1.54) is 0 Å². The average Bonchev–Trinajstić information content (AvgIpc) is 2.86. The molecule has 0 aliphatic rings. The van der Waals surface area contributed by atoms with Crippen molar-refractivity contribution in [1.29, 1.82) is 0 Å².